The smallest absolute Gasteiger partial charge is 0.341 e. The van der Waals surface area contributed by atoms with Gasteiger partial charge in [0.05, 0.1) is 7.11 Å². The summed E-state index contributed by atoms with van der Waals surface area (Å²) in [6.07, 6.45) is 3.61. The Balaban J connectivity index is 2.05. The monoisotopic (exact) mass is 362 g/mol. The topological polar surface area (TPSA) is 55.6 Å². The minimum atomic E-state index is -0.453. The van der Waals surface area contributed by atoms with Crippen molar-refractivity contribution < 1.29 is 13.9 Å². The number of nitrogens with two attached hydrogens (primary N) is 1. The van der Waals surface area contributed by atoms with Crippen LogP contribution in [-0.2, 0) is 11.3 Å². The Morgan fingerprint density at radius 2 is 2.08 bits per heavy atom. The summed E-state index contributed by atoms with van der Waals surface area (Å²) in [5.41, 5.74) is 8.10. The number of ether oxygens (including phenoxy) is 1. The molecule has 1 aliphatic heterocycles. The van der Waals surface area contributed by atoms with Crippen LogP contribution < -0.4 is 5.73 Å². The number of anilines is 1. The van der Waals surface area contributed by atoms with Crippen LogP contribution in [0.5, 0.6) is 0 Å². The molecule has 2 N–H and O–H groups in total. The maximum atomic E-state index is 13.3. The molecule has 1 aliphatic rings. The second-order valence-electron chi connectivity index (χ2n) is 6.45. The van der Waals surface area contributed by atoms with Crippen LogP contribution in [0.2, 0.25) is 0 Å². The predicted octanol–water partition coefficient (Wildman–Crippen LogP) is 4.30. The van der Waals surface area contributed by atoms with E-state index < -0.39 is 5.97 Å². The van der Waals surface area contributed by atoms with Crippen molar-refractivity contribution in [2.75, 3.05) is 19.4 Å². The Morgan fingerprint density at radius 1 is 1.36 bits per heavy atom. The molecule has 0 saturated carbocycles. The number of likely N-dealkylation sites (tertiary alicyclic amines) is 1. The second kappa shape index (κ2) is 7.54. The van der Waals surface area contributed by atoms with E-state index in [-0.39, 0.29) is 5.82 Å². The maximum absolute atomic E-state index is 13.3. The van der Waals surface area contributed by atoms with Crippen LogP contribution in [0.3, 0.4) is 0 Å². The van der Waals surface area contributed by atoms with Gasteiger partial charge in [-0.1, -0.05) is 18.6 Å². The minimum absolute atomic E-state index is 0.308. The number of esters is 1. The fourth-order valence-electron chi connectivity index (χ4n) is 3.41. The molecule has 6 heteroatoms. The largest absolute Gasteiger partial charge is 0.465 e. The number of benzene rings is 1. The zero-order valence-corrected chi connectivity index (χ0v) is 15.4. The van der Waals surface area contributed by atoms with Crippen molar-refractivity contribution in [1.82, 2.24) is 4.90 Å². The van der Waals surface area contributed by atoms with E-state index >= 15 is 0 Å². The maximum Gasteiger partial charge on any atom is 0.341 e. The predicted molar refractivity (Wildman–Crippen MR) is 99.2 cm³/mol. The first-order chi connectivity index (χ1) is 12.0. The molecular weight excluding hydrogens is 339 g/mol. The average molecular weight is 362 g/mol. The van der Waals surface area contributed by atoms with E-state index in [0.717, 1.165) is 29.1 Å². The van der Waals surface area contributed by atoms with Gasteiger partial charge in [-0.15, -0.1) is 11.3 Å². The van der Waals surface area contributed by atoms with Gasteiger partial charge in [-0.05, 0) is 44.0 Å². The molecule has 1 aromatic heterocycles. The lowest BCUT2D eigenvalue weighted by molar-refractivity contribution is 0.0603. The fourth-order valence-corrected chi connectivity index (χ4v) is 4.52. The lowest BCUT2D eigenvalue weighted by Crippen LogP contribution is -2.36. The molecule has 0 aliphatic carbocycles. The van der Waals surface area contributed by atoms with E-state index in [1.54, 1.807) is 12.1 Å². The number of nitrogens with zero attached hydrogens (tertiary/aromatic N) is 1. The molecule has 4 nitrogen and oxygen atoms in total. The number of hydrogen-bond donors (Lipinski definition) is 1. The molecule has 0 spiro atoms. The zero-order chi connectivity index (χ0) is 18.0. The Kier molecular flexibility index (Phi) is 5.39. The van der Waals surface area contributed by atoms with Gasteiger partial charge in [0.15, 0.2) is 0 Å². The number of piperidine rings is 1. The van der Waals surface area contributed by atoms with Gasteiger partial charge in [-0.2, -0.15) is 0 Å². The Bertz CT molecular complexity index is 758. The molecule has 134 valence electrons. The van der Waals surface area contributed by atoms with E-state index in [4.69, 9.17) is 10.5 Å². The van der Waals surface area contributed by atoms with E-state index in [1.807, 2.05) is 0 Å². The number of halogens is 1. The van der Waals surface area contributed by atoms with Gasteiger partial charge in [0.2, 0.25) is 0 Å². The first-order valence-corrected chi connectivity index (χ1v) is 9.32. The molecule has 0 amide bonds. The van der Waals surface area contributed by atoms with Crippen LogP contribution in [0.4, 0.5) is 9.39 Å². The third-order valence-corrected chi connectivity index (χ3v) is 5.82. The molecule has 0 bridgehead atoms. The Labute approximate surface area is 151 Å². The zero-order valence-electron chi connectivity index (χ0n) is 14.5. The highest BCUT2D eigenvalue weighted by atomic mass is 32.1. The van der Waals surface area contributed by atoms with Gasteiger partial charge in [0.1, 0.15) is 16.4 Å². The Hall–Kier alpha value is -1.92. The summed E-state index contributed by atoms with van der Waals surface area (Å²) in [6, 6.07) is 6.67. The van der Waals surface area contributed by atoms with Crippen LogP contribution in [-0.4, -0.2) is 30.6 Å². The summed E-state index contributed by atoms with van der Waals surface area (Å²) in [4.78, 5) is 15.7. The number of hydrogen-bond acceptors (Lipinski definition) is 5. The van der Waals surface area contributed by atoms with Crippen molar-refractivity contribution in [3.8, 4) is 11.1 Å². The summed E-state index contributed by atoms with van der Waals surface area (Å²) >= 11 is 1.42. The van der Waals surface area contributed by atoms with Crippen molar-refractivity contribution in [2.45, 2.75) is 38.8 Å². The summed E-state index contributed by atoms with van der Waals surface area (Å²) in [6.45, 7) is 4.00. The van der Waals surface area contributed by atoms with E-state index in [1.165, 1.54) is 49.8 Å². The van der Waals surface area contributed by atoms with Gasteiger partial charge in [-0.3, -0.25) is 4.90 Å². The minimum Gasteiger partial charge on any atom is -0.465 e. The van der Waals surface area contributed by atoms with Crippen LogP contribution in [0.25, 0.3) is 11.1 Å². The van der Waals surface area contributed by atoms with Gasteiger partial charge in [0.25, 0.3) is 0 Å². The first-order valence-electron chi connectivity index (χ1n) is 8.50. The molecule has 1 unspecified atom stereocenters. The van der Waals surface area contributed by atoms with Crippen molar-refractivity contribution in [3.63, 3.8) is 0 Å². The Morgan fingerprint density at radius 3 is 2.72 bits per heavy atom. The summed E-state index contributed by atoms with van der Waals surface area (Å²) in [5.74, 6) is -0.760. The fraction of sp³-hybridized carbons (Fsp3) is 0.421. The standard InChI is InChI=1S/C19H23FN2O2S/c1-12-5-3-4-10-22(12)11-15-16(13-6-8-14(20)9-7-13)17(18(21)25-15)19(23)24-2/h6-9,12H,3-5,10-11,21H2,1-2H3. The number of methoxy groups -OCH3 is 1. The average Bonchev–Trinajstić information content (AvgIpc) is 2.93. The van der Waals surface area contributed by atoms with Gasteiger partial charge < -0.3 is 10.5 Å². The third-order valence-electron chi connectivity index (χ3n) is 4.82. The molecule has 1 aromatic carbocycles. The van der Waals surface area contributed by atoms with Crippen LogP contribution in [0, 0.1) is 5.82 Å². The third kappa shape index (κ3) is 3.70. The van der Waals surface area contributed by atoms with Crippen LogP contribution in [0.1, 0.15) is 41.4 Å². The summed E-state index contributed by atoms with van der Waals surface area (Å²) < 4.78 is 18.3. The lowest BCUT2D eigenvalue weighted by atomic mass is 9.99. The van der Waals surface area contributed by atoms with E-state index in [9.17, 15) is 9.18 Å². The molecule has 2 aromatic rings. The quantitative estimate of drug-likeness (QED) is 0.824. The van der Waals surface area contributed by atoms with Crippen molar-refractivity contribution >= 4 is 22.3 Å². The highest BCUT2D eigenvalue weighted by Gasteiger charge is 2.27. The van der Waals surface area contributed by atoms with Crippen molar-refractivity contribution in [3.05, 3.63) is 40.5 Å². The molecule has 0 radical (unpaired) electrons. The van der Waals surface area contributed by atoms with Crippen molar-refractivity contribution in [1.29, 1.82) is 0 Å². The molecule has 3 rings (SSSR count). The van der Waals surface area contributed by atoms with Crippen LogP contribution in [0.15, 0.2) is 24.3 Å². The molecule has 1 fully saturated rings. The van der Waals surface area contributed by atoms with Gasteiger partial charge in [0, 0.05) is 23.0 Å². The highest BCUT2D eigenvalue weighted by molar-refractivity contribution is 7.17. The second-order valence-corrected chi connectivity index (χ2v) is 7.59. The van der Waals surface area contributed by atoms with Crippen LogP contribution >= 0.6 is 11.3 Å². The number of rotatable bonds is 4. The van der Waals surface area contributed by atoms with E-state index in [2.05, 4.69) is 11.8 Å². The van der Waals surface area contributed by atoms with E-state index in [0.29, 0.717) is 16.6 Å². The van der Waals surface area contributed by atoms with Gasteiger partial charge in [-0.25, -0.2) is 9.18 Å². The molecule has 1 saturated heterocycles. The molecule has 25 heavy (non-hydrogen) atoms. The highest BCUT2D eigenvalue weighted by Crippen LogP contribution is 2.40. The summed E-state index contributed by atoms with van der Waals surface area (Å²) in [5, 5.41) is 0.450. The van der Waals surface area contributed by atoms with Gasteiger partial charge >= 0.3 is 5.97 Å². The molecule has 1 atom stereocenters. The SMILES string of the molecule is COC(=O)c1c(N)sc(CN2CCCCC2C)c1-c1ccc(F)cc1. The number of thiophene rings is 1. The van der Waals surface area contributed by atoms with Crippen molar-refractivity contribution in [2.24, 2.45) is 0 Å². The summed E-state index contributed by atoms with van der Waals surface area (Å²) in [7, 11) is 1.35. The number of carbonyl (C=O) groups excluding carboxylic acids is 1. The lowest BCUT2D eigenvalue weighted by Gasteiger charge is -2.33. The number of carbonyl (C=O) groups is 1. The molecule has 2 heterocycles. The number of nitrogen functional groups attached to an aromatic ring is 1. The first kappa shape index (κ1) is 17.9. The normalized spacial score (nSPS) is 18.3. The molecular formula is C19H23FN2O2S.